The van der Waals surface area contributed by atoms with Crippen molar-refractivity contribution in [3.8, 4) is 0 Å². The molecule has 90 valence electrons. The normalized spacial score (nSPS) is 11.5. The Morgan fingerprint density at radius 1 is 1.20 bits per heavy atom. The number of hydrogen-bond acceptors (Lipinski definition) is 4. The third kappa shape index (κ3) is 11.1. The van der Waals surface area contributed by atoms with Crippen LogP contribution in [0.15, 0.2) is 0 Å². The van der Waals surface area contributed by atoms with E-state index in [2.05, 4.69) is 9.47 Å². The van der Waals surface area contributed by atoms with Crippen LogP contribution in [0.4, 0.5) is 13.2 Å². The molecule has 0 aliphatic carbocycles. The first-order chi connectivity index (χ1) is 6.95. The lowest BCUT2D eigenvalue weighted by atomic mass is 10.6. The van der Waals surface area contributed by atoms with Crippen molar-refractivity contribution in [2.45, 2.75) is 13.1 Å². The summed E-state index contributed by atoms with van der Waals surface area (Å²) >= 11 is 0. The summed E-state index contributed by atoms with van der Waals surface area (Å²) in [5, 5.41) is 0. The first kappa shape index (κ1) is 14.2. The summed E-state index contributed by atoms with van der Waals surface area (Å²) in [5.74, 6) is -0.834. The van der Waals surface area contributed by atoms with Crippen molar-refractivity contribution in [1.82, 2.24) is 0 Å². The summed E-state index contributed by atoms with van der Waals surface area (Å²) in [6, 6.07) is 0. The van der Waals surface area contributed by atoms with Crippen LogP contribution in [-0.4, -0.2) is 45.2 Å². The molecule has 0 saturated carbocycles. The van der Waals surface area contributed by atoms with E-state index in [0.717, 1.165) is 0 Å². The predicted molar refractivity (Wildman–Crippen MR) is 44.3 cm³/mol. The van der Waals surface area contributed by atoms with Gasteiger partial charge in [0.25, 0.3) is 0 Å². The van der Waals surface area contributed by atoms with Crippen molar-refractivity contribution in [1.29, 1.82) is 0 Å². The molecule has 0 atom stereocenters. The Morgan fingerprint density at radius 2 is 1.87 bits per heavy atom. The van der Waals surface area contributed by atoms with E-state index in [1.54, 1.807) is 6.92 Å². The maximum atomic E-state index is 11.6. The quantitative estimate of drug-likeness (QED) is 0.486. The molecule has 15 heavy (non-hydrogen) atoms. The fourth-order valence-corrected chi connectivity index (χ4v) is 0.651. The van der Waals surface area contributed by atoms with Gasteiger partial charge < -0.3 is 14.2 Å². The number of rotatable bonds is 7. The van der Waals surface area contributed by atoms with Crippen molar-refractivity contribution >= 4 is 5.97 Å². The second-order valence-electron chi connectivity index (χ2n) is 2.53. The summed E-state index contributed by atoms with van der Waals surface area (Å²) in [6.45, 7) is 0.346. The first-order valence-corrected chi connectivity index (χ1v) is 4.33. The van der Waals surface area contributed by atoms with Gasteiger partial charge in [-0.3, -0.25) is 0 Å². The molecular formula is C8H13F3O4. The van der Waals surface area contributed by atoms with Crippen LogP contribution in [0.3, 0.4) is 0 Å². The second kappa shape index (κ2) is 7.47. The van der Waals surface area contributed by atoms with Gasteiger partial charge >= 0.3 is 12.1 Å². The van der Waals surface area contributed by atoms with Crippen LogP contribution >= 0.6 is 0 Å². The van der Waals surface area contributed by atoms with Crippen molar-refractivity contribution < 1.29 is 32.2 Å². The van der Waals surface area contributed by atoms with E-state index < -0.39 is 25.4 Å². The number of carbonyl (C=O) groups is 1. The Kier molecular flexibility index (Phi) is 7.06. The molecule has 0 aliphatic rings. The molecule has 0 fully saturated rings. The number of hydrogen-bond donors (Lipinski definition) is 0. The molecule has 0 aromatic carbocycles. The highest BCUT2D eigenvalue weighted by molar-refractivity contribution is 5.70. The van der Waals surface area contributed by atoms with E-state index in [0.29, 0.717) is 6.61 Å². The zero-order valence-electron chi connectivity index (χ0n) is 8.30. The summed E-state index contributed by atoms with van der Waals surface area (Å²) in [6.07, 6.45) is -4.42. The lowest BCUT2D eigenvalue weighted by Gasteiger charge is -2.07. The number of esters is 1. The fourth-order valence-electron chi connectivity index (χ4n) is 0.651. The van der Waals surface area contributed by atoms with Crippen LogP contribution in [0.1, 0.15) is 6.92 Å². The maximum Gasteiger partial charge on any atom is 0.411 e. The maximum absolute atomic E-state index is 11.6. The van der Waals surface area contributed by atoms with E-state index in [1.165, 1.54) is 0 Å². The van der Waals surface area contributed by atoms with Crippen LogP contribution in [-0.2, 0) is 19.0 Å². The molecule has 0 spiro atoms. The Hall–Kier alpha value is -0.820. The van der Waals surface area contributed by atoms with Gasteiger partial charge in [0.2, 0.25) is 0 Å². The molecule has 0 amide bonds. The molecule has 0 radical (unpaired) electrons. The number of halogens is 3. The molecule has 4 nitrogen and oxygen atoms in total. The Morgan fingerprint density at radius 3 is 2.40 bits per heavy atom. The summed E-state index contributed by atoms with van der Waals surface area (Å²) in [7, 11) is 0. The third-order valence-electron chi connectivity index (χ3n) is 1.18. The van der Waals surface area contributed by atoms with Crippen LogP contribution in [0.25, 0.3) is 0 Å². The average Bonchev–Trinajstić information content (AvgIpc) is 2.10. The molecule has 0 aromatic rings. The third-order valence-corrected chi connectivity index (χ3v) is 1.18. The van der Waals surface area contributed by atoms with Gasteiger partial charge in [-0.25, -0.2) is 4.79 Å². The van der Waals surface area contributed by atoms with Crippen molar-refractivity contribution in [3.63, 3.8) is 0 Å². The molecule has 0 bridgehead atoms. The van der Waals surface area contributed by atoms with Gasteiger partial charge in [0.05, 0.1) is 6.61 Å². The van der Waals surface area contributed by atoms with Crippen LogP contribution in [0.5, 0.6) is 0 Å². The highest BCUT2D eigenvalue weighted by Crippen LogP contribution is 2.14. The predicted octanol–water partition coefficient (Wildman–Crippen LogP) is 1.15. The second-order valence-corrected chi connectivity index (χ2v) is 2.53. The van der Waals surface area contributed by atoms with E-state index in [-0.39, 0.29) is 13.2 Å². The highest BCUT2D eigenvalue weighted by atomic mass is 19.4. The SMILES string of the molecule is CCOCCOC(=O)COCC(F)(F)F. The zero-order chi connectivity index (χ0) is 11.7. The van der Waals surface area contributed by atoms with Crippen molar-refractivity contribution in [2.24, 2.45) is 0 Å². The smallest absolute Gasteiger partial charge is 0.411 e. The highest BCUT2D eigenvalue weighted by Gasteiger charge is 2.27. The van der Waals surface area contributed by atoms with Crippen molar-refractivity contribution in [2.75, 3.05) is 33.0 Å². The summed E-state index contributed by atoms with van der Waals surface area (Å²) < 4.78 is 48.1. The molecular weight excluding hydrogens is 217 g/mol. The van der Waals surface area contributed by atoms with Crippen LogP contribution in [0.2, 0.25) is 0 Å². The minimum absolute atomic E-state index is 0.0159. The molecule has 0 unspecified atom stereocenters. The van der Waals surface area contributed by atoms with Gasteiger partial charge in [0.1, 0.15) is 19.8 Å². The van der Waals surface area contributed by atoms with Gasteiger partial charge in [-0.2, -0.15) is 13.2 Å². The standard InChI is InChI=1S/C8H13F3O4/c1-2-13-3-4-15-7(12)5-14-6-8(9,10)11/h2-6H2,1H3. The average molecular weight is 230 g/mol. The minimum Gasteiger partial charge on any atom is -0.462 e. The van der Waals surface area contributed by atoms with Gasteiger partial charge in [0, 0.05) is 6.61 Å². The van der Waals surface area contributed by atoms with Crippen molar-refractivity contribution in [3.05, 3.63) is 0 Å². The molecule has 0 heterocycles. The Labute approximate surface area is 85.3 Å². The zero-order valence-corrected chi connectivity index (χ0v) is 8.30. The minimum atomic E-state index is -4.42. The topological polar surface area (TPSA) is 44.8 Å². The Balaban J connectivity index is 3.34. The fraction of sp³-hybridized carbons (Fsp3) is 0.875. The van der Waals surface area contributed by atoms with Gasteiger partial charge in [-0.1, -0.05) is 0 Å². The lowest BCUT2D eigenvalue weighted by molar-refractivity contribution is -0.181. The van der Waals surface area contributed by atoms with Gasteiger partial charge in [-0.15, -0.1) is 0 Å². The number of carbonyl (C=O) groups excluding carboxylic acids is 1. The largest absolute Gasteiger partial charge is 0.462 e. The number of alkyl halides is 3. The number of ether oxygens (including phenoxy) is 3. The summed E-state index contributed by atoms with van der Waals surface area (Å²) in [4.78, 5) is 10.7. The summed E-state index contributed by atoms with van der Waals surface area (Å²) in [5.41, 5.74) is 0. The lowest BCUT2D eigenvalue weighted by Crippen LogP contribution is -2.22. The Bertz CT molecular complexity index is 181. The van der Waals surface area contributed by atoms with E-state index in [1.807, 2.05) is 0 Å². The van der Waals surface area contributed by atoms with Gasteiger partial charge in [0.15, 0.2) is 0 Å². The molecule has 0 rings (SSSR count). The van der Waals surface area contributed by atoms with E-state index in [4.69, 9.17) is 4.74 Å². The molecule has 0 aromatic heterocycles. The first-order valence-electron chi connectivity index (χ1n) is 4.33. The van der Waals surface area contributed by atoms with Gasteiger partial charge in [-0.05, 0) is 6.92 Å². The molecule has 0 N–H and O–H groups in total. The van der Waals surface area contributed by atoms with Crippen LogP contribution < -0.4 is 0 Å². The van der Waals surface area contributed by atoms with Crippen LogP contribution in [0, 0.1) is 0 Å². The molecule has 0 aliphatic heterocycles. The van der Waals surface area contributed by atoms with E-state index >= 15 is 0 Å². The molecule has 0 saturated heterocycles. The molecule has 7 heteroatoms. The van der Waals surface area contributed by atoms with E-state index in [9.17, 15) is 18.0 Å². The monoisotopic (exact) mass is 230 g/mol.